The summed E-state index contributed by atoms with van der Waals surface area (Å²) in [6.07, 6.45) is 2.06. The van der Waals surface area contributed by atoms with E-state index in [-0.39, 0.29) is 11.7 Å². The fraction of sp³-hybridized carbons (Fsp3) is 0.263. The molecular weight excluding hydrogens is 355 g/mol. The molecule has 25 heavy (non-hydrogen) atoms. The van der Waals surface area contributed by atoms with Crippen molar-refractivity contribution >= 4 is 39.2 Å². The smallest absolute Gasteiger partial charge is 0.279 e. The van der Waals surface area contributed by atoms with Gasteiger partial charge in [-0.15, -0.1) is 0 Å². The lowest BCUT2D eigenvalue weighted by Gasteiger charge is -2.06. The van der Waals surface area contributed by atoms with Crippen LogP contribution >= 0.6 is 23.1 Å². The number of benzene rings is 2. The van der Waals surface area contributed by atoms with Crippen molar-refractivity contribution in [2.45, 2.75) is 20.4 Å². The minimum absolute atomic E-state index is 0.349. The van der Waals surface area contributed by atoms with E-state index in [1.165, 1.54) is 46.7 Å². The number of aromatic nitrogens is 1. The summed E-state index contributed by atoms with van der Waals surface area (Å²) in [5, 5.41) is 0. The number of hydrogen-bond acceptors (Lipinski definition) is 3. The van der Waals surface area contributed by atoms with Crippen LogP contribution in [0.3, 0.4) is 0 Å². The molecule has 0 radical (unpaired) electrons. The van der Waals surface area contributed by atoms with Gasteiger partial charge in [-0.05, 0) is 67.6 Å². The molecule has 1 aromatic heterocycles. The lowest BCUT2D eigenvalue weighted by Crippen LogP contribution is -2.18. The first-order valence-corrected chi connectivity index (χ1v) is 10.1. The Kier molecular flexibility index (Phi) is 5.39. The number of carbonyl (C=O) groups is 1. The number of nitrogens with zero attached hydrogens (tertiary/aromatic N) is 2. The molecule has 6 heteroatoms. The van der Waals surface area contributed by atoms with Gasteiger partial charge in [-0.3, -0.25) is 4.79 Å². The van der Waals surface area contributed by atoms with E-state index in [0.717, 1.165) is 22.5 Å². The highest BCUT2D eigenvalue weighted by molar-refractivity contribution is 7.98. The highest BCUT2D eigenvalue weighted by Crippen LogP contribution is 2.22. The van der Waals surface area contributed by atoms with E-state index in [9.17, 15) is 9.18 Å². The van der Waals surface area contributed by atoms with Crippen molar-refractivity contribution in [2.75, 3.05) is 12.0 Å². The average molecular weight is 375 g/mol. The Morgan fingerprint density at radius 1 is 1.20 bits per heavy atom. The summed E-state index contributed by atoms with van der Waals surface area (Å²) in [6.45, 7) is 4.96. The number of fused-ring (bicyclic) bond motifs is 1. The summed E-state index contributed by atoms with van der Waals surface area (Å²) in [5.74, 6) is 0.230. The number of thioether (sulfide) groups is 1. The van der Waals surface area contributed by atoms with Gasteiger partial charge in [0.2, 0.25) is 0 Å². The molecule has 0 unspecified atom stereocenters. The van der Waals surface area contributed by atoms with Gasteiger partial charge in [-0.25, -0.2) is 4.39 Å². The minimum Gasteiger partial charge on any atom is -0.315 e. The third-order valence-corrected chi connectivity index (χ3v) is 5.74. The monoisotopic (exact) mass is 374 g/mol. The van der Waals surface area contributed by atoms with Crippen LogP contribution in [0, 0.1) is 19.7 Å². The Morgan fingerprint density at radius 3 is 2.56 bits per heavy atom. The number of halogens is 1. The maximum Gasteiger partial charge on any atom is 0.279 e. The molecule has 0 atom stereocenters. The third-order valence-electron chi connectivity index (χ3n) is 4.11. The standard InChI is InChI=1S/C19H19FN2OS2/c1-12-10-16-17(11-13(12)2)25-19(22(16)8-9-24-3)21-18(23)14-4-6-15(20)7-5-14/h4-7,10-11H,8-9H2,1-3H3. The third kappa shape index (κ3) is 3.85. The second-order valence-corrected chi connectivity index (χ2v) is 7.85. The van der Waals surface area contributed by atoms with Gasteiger partial charge in [0, 0.05) is 17.9 Å². The van der Waals surface area contributed by atoms with E-state index < -0.39 is 0 Å². The normalized spacial score (nSPS) is 12.1. The summed E-state index contributed by atoms with van der Waals surface area (Å²) in [7, 11) is 0. The lowest BCUT2D eigenvalue weighted by molar-refractivity contribution is 0.0998. The van der Waals surface area contributed by atoms with Gasteiger partial charge in [0.15, 0.2) is 4.80 Å². The molecule has 1 amide bonds. The largest absolute Gasteiger partial charge is 0.315 e. The summed E-state index contributed by atoms with van der Waals surface area (Å²) in [4.78, 5) is 17.5. The summed E-state index contributed by atoms with van der Waals surface area (Å²) < 4.78 is 16.3. The highest BCUT2D eigenvalue weighted by Gasteiger charge is 2.10. The summed E-state index contributed by atoms with van der Waals surface area (Å²) >= 11 is 3.27. The van der Waals surface area contributed by atoms with Crippen LogP contribution in [0.4, 0.5) is 4.39 Å². The van der Waals surface area contributed by atoms with Gasteiger partial charge in [0.1, 0.15) is 5.82 Å². The minimum atomic E-state index is -0.362. The van der Waals surface area contributed by atoms with E-state index in [0.29, 0.717) is 10.4 Å². The van der Waals surface area contributed by atoms with E-state index in [4.69, 9.17) is 0 Å². The number of thiazole rings is 1. The van der Waals surface area contributed by atoms with Gasteiger partial charge < -0.3 is 4.57 Å². The number of aryl methyl sites for hydroxylation is 3. The second kappa shape index (κ2) is 7.54. The first-order valence-electron chi connectivity index (χ1n) is 7.94. The first kappa shape index (κ1) is 17.9. The molecule has 3 aromatic rings. The molecule has 1 heterocycles. The van der Waals surface area contributed by atoms with Gasteiger partial charge in [-0.2, -0.15) is 16.8 Å². The number of hydrogen-bond donors (Lipinski definition) is 0. The molecule has 0 aliphatic heterocycles. The molecule has 0 saturated heterocycles. The Morgan fingerprint density at radius 2 is 1.88 bits per heavy atom. The zero-order valence-electron chi connectivity index (χ0n) is 14.4. The Hall–Kier alpha value is -1.92. The SMILES string of the molecule is CSCCn1c(=NC(=O)c2ccc(F)cc2)sc2cc(C)c(C)cc21. The van der Waals surface area contributed by atoms with Gasteiger partial charge >= 0.3 is 0 Å². The Bertz CT molecular complexity index is 987. The molecule has 3 rings (SSSR count). The van der Waals surface area contributed by atoms with Crippen LogP contribution in [0.2, 0.25) is 0 Å². The molecule has 3 nitrogen and oxygen atoms in total. The van der Waals surface area contributed by atoms with Crippen molar-refractivity contribution in [3.63, 3.8) is 0 Å². The van der Waals surface area contributed by atoms with E-state index in [1.807, 2.05) is 0 Å². The second-order valence-electron chi connectivity index (χ2n) is 5.86. The van der Waals surface area contributed by atoms with Crippen LogP contribution in [-0.2, 0) is 6.54 Å². The molecule has 0 aliphatic rings. The fourth-order valence-corrected chi connectivity index (χ4v) is 4.05. The molecule has 0 N–H and O–H groups in total. The van der Waals surface area contributed by atoms with Crippen LogP contribution < -0.4 is 4.80 Å². The number of rotatable bonds is 4. The van der Waals surface area contributed by atoms with Crippen LogP contribution in [0.25, 0.3) is 10.2 Å². The molecule has 0 aliphatic carbocycles. The average Bonchev–Trinajstić information content (AvgIpc) is 2.90. The first-order chi connectivity index (χ1) is 12.0. The van der Waals surface area contributed by atoms with Crippen LogP contribution in [0.5, 0.6) is 0 Å². The van der Waals surface area contributed by atoms with Crippen LogP contribution in [0.1, 0.15) is 21.5 Å². The highest BCUT2D eigenvalue weighted by atomic mass is 32.2. The number of carbonyl (C=O) groups excluding carboxylic acids is 1. The van der Waals surface area contributed by atoms with Crippen molar-refractivity contribution in [2.24, 2.45) is 4.99 Å². The lowest BCUT2D eigenvalue weighted by atomic mass is 10.1. The predicted molar refractivity (Wildman–Crippen MR) is 104 cm³/mol. The molecular formula is C19H19FN2OS2. The van der Waals surface area contributed by atoms with E-state index in [1.54, 1.807) is 11.8 Å². The van der Waals surface area contributed by atoms with Gasteiger partial charge in [-0.1, -0.05) is 11.3 Å². The topological polar surface area (TPSA) is 34.4 Å². The number of amides is 1. The van der Waals surface area contributed by atoms with Gasteiger partial charge in [0.25, 0.3) is 5.91 Å². The summed E-state index contributed by atoms with van der Waals surface area (Å²) in [5.41, 5.74) is 3.94. The van der Waals surface area contributed by atoms with Crippen molar-refractivity contribution in [3.8, 4) is 0 Å². The van der Waals surface area contributed by atoms with Crippen molar-refractivity contribution < 1.29 is 9.18 Å². The zero-order chi connectivity index (χ0) is 18.0. The fourth-order valence-electron chi connectivity index (χ4n) is 2.55. The molecule has 0 saturated carbocycles. The molecule has 0 spiro atoms. The molecule has 130 valence electrons. The quantitative estimate of drug-likeness (QED) is 0.671. The Balaban J connectivity index is 2.13. The van der Waals surface area contributed by atoms with E-state index >= 15 is 0 Å². The molecule has 0 bridgehead atoms. The van der Waals surface area contributed by atoms with Crippen LogP contribution in [0.15, 0.2) is 41.4 Å². The summed E-state index contributed by atoms with van der Waals surface area (Å²) in [6, 6.07) is 9.80. The van der Waals surface area contributed by atoms with Crippen molar-refractivity contribution in [1.29, 1.82) is 0 Å². The maximum atomic E-state index is 13.0. The zero-order valence-corrected chi connectivity index (χ0v) is 16.0. The van der Waals surface area contributed by atoms with Crippen molar-refractivity contribution in [1.82, 2.24) is 4.57 Å². The van der Waals surface area contributed by atoms with E-state index in [2.05, 4.69) is 41.8 Å². The van der Waals surface area contributed by atoms with Crippen molar-refractivity contribution in [3.05, 3.63) is 63.7 Å². The Labute approximate surface area is 154 Å². The molecule has 0 fully saturated rings. The molecule has 2 aromatic carbocycles. The van der Waals surface area contributed by atoms with Crippen LogP contribution in [-0.4, -0.2) is 22.5 Å². The predicted octanol–water partition coefficient (Wildman–Crippen LogP) is 4.56. The maximum absolute atomic E-state index is 13.0. The van der Waals surface area contributed by atoms with Gasteiger partial charge in [0.05, 0.1) is 10.2 Å².